The first-order chi connectivity index (χ1) is 42.3. The first-order valence-electron chi connectivity index (χ1n) is 25.2. The molecular weight excluding hydrogens is 1600 g/mol. The fourth-order valence-electron chi connectivity index (χ4n) is 7.29. The molecule has 0 aliphatic heterocycles. The monoisotopic (exact) mass is 1650 g/mol. The van der Waals surface area contributed by atoms with Gasteiger partial charge in [-0.25, -0.2) is 21.0 Å². The van der Waals surface area contributed by atoms with E-state index in [1.807, 2.05) is 91.0 Å². The minimum atomic E-state index is -4.19. The molecule has 0 aliphatic rings. The lowest BCUT2D eigenvalue weighted by atomic mass is 10.1. The third kappa shape index (κ3) is 30.0. The Morgan fingerprint density at radius 3 is 0.956 bits per heavy atom. The van der Waals surface area contributed by atoms with Gasteiger partial charge in [0.15, 0.2) is 0 Å². The number of halogens is 8. The van der Waals surface area contributed by atoms with E-state index in [4.69, 9.17) is 48.4 Å². The summed E-state index contributed by atoms with van der Waals surface area (Å²) in [7, 11) is 1.02. The molecule has 7 N–H and O–H groups in total. The maximum atomic E-state index is 12.5. The molecule has 0 spiro atoms. The molecule has 0 radical (unpaired) electrons. The molecule has 0 aromatic heterocycles. The quantitative estimate of drug-likeness (QED) is 0.0399. The molecule has 0 unspecified atom stereocenters. The molecule has 0 amide bonds. The Bertz CT molecular complexity index is 4230. The summed E-state index contributed by atoms with van der Waals surface area (Å²) in [6.45, 7) is -0.0809. The van der Waals surface area contributed by atoms with Crippen molar-refractivity contribution in [3.8, 4) is 44.5 Å². The summed E-state index contributed by atoms with van der Waals surface area (Å²) in [5, 5.41) is 17.8. The second-order valence-electron chi connectivity index (χ2n) is 17.8. The van der Waals surface area contributed by atoms with E-state index in [-0.39, 0.29) is 27.9 Å². The number of rotatable bonds is 11. The van der Waals surface area contributed by atoms with Crippen LogP contribution >= 0.6 is 106 Å². The van der Waals surface area contributed by atoms with Gasteiger partial charge in [0.1, 0.15) is 0 Å². The Kier molecular flexibility index (Phi) is 32.6. The van der Waals surface area contributed by atoms with E-state index in [2.05, 4.69) is 149 Å². The molecule has 10 rings (SSSR count). The normalized spacial score (nSPS) is 10.9. The highest BCUT2D eigenvalue weighted by Crippen LogP contribution is 2.28. The molecular formula is C62H52Br4Cl4N2O13S5. The van der Waals surface area contributed by atoms with Gasteiger partial charge < -0.3 is 15.9 Å². The van der Waals surface area contributed by atoms with Gasteiger partial charge in [0, 0.05) is 72.0 Å². The number of hydrogen-bond donors (Lipinski definition) is 6. The van der Waals surface area contributed by atoms with Gasteiger partial charge in [0.25, 0.3) is 29.2 Å². The van der Waals surface area contributed by atoms with E-state index in [0.29, 0.717) is 16.9 Å². The van der Waals surface area contributed by atoms with Crippen molar-refractivity contribution >= 4 is 166 Å². The maximum absolute atomic E-state index is 12.5. The highest BCUT2D eigenvalue weighted by Gasteiger charge is 2.15. The molecule has 0 heterocycles. The Morgan fingerprint density at radius 1 is 0.389 bits per heavy atom. The van der Waals surface area contributed by atoms with Crippen molar-refractivity contribution in [1.82, 2.24) is 0 Å². The minimum absolute atomic E-state index is 0.0606. The molecule has 15 nitrogen and oxygen atoms in total. The van der Waals surface area contributed by atoms with Crippen LogP contribution in [0.5, 0.6) is 0 Å². The summed E-state index contributed by atoms with van der Waals surface area (Å²) < 4.78 is 119. The SMILES string of the molecule is Brc1ccc(-c2ccccc2)cc1.Nc1cccc(CO)c1.O=S(=O)(Cl)c1ccc(-c2ccc(Br)cc2)cc1.O=S(=O)(Nc1cccc(CO)c1)c1ccc(-c2ccc(Br)cc2)cc1.O=S(=O)(O)Cl.O=S(=O)(O)c1ccc(-c2ccc(Br)cc2)cc1.O=S(Cl)Cl. The van der Waals surface area contributed by atoms with Crippen LogP contribution in [0, 0.1) is 0 Å². The predicted octanol–water partition coefficient (Wildman–Crippen LogP) is 17.8. The lowest BCUT2D eigenvalue weighted by molar-refractivity contribution is 0.281. The van der Waals surface area contributed by atoms with Gasteiger partial charge in [-0.15, -0.1) is 0 Å². The third-order valence-electron chi connectivity index (χ3n) is 11.4. The van der Waals surface area contributed by atoms with Gasteiger partial charge in [0.05, 0.1) is 27.9 Å². The van der Waals surface area contributed by atoms with Crippen LogP contribution in [0.4, 0.5) is 11.4 Å². The summed E-state index contributed by atoms with van der Waals surface area (Å²) in [5.41, 5.74) is 16.3. The number of nitrogen functional groups attached to an aromatic ring is 1. The number of nitrogens with one attached hydrogen (secondary N) is 1. The zero-order valence-electron chi connectivity index (χ0n) is 46.2. The molecule has 474 valence electrons. The third-order valence-corrected chi connectivity index (χ3v) is 17.2. The Morgan fingerprint density at radius 2 is 0.667 bits per heavy atom. The molecule has 0 saturated heterocycles. The molecule has 0 bridgehead atoms. The van der Waals surface area contributed by atoms with Gasteiger partial charge in [-0.1, -0.05) is 203 Å². The van der Waals surface area contributed by atoms with Crippen molar-refractivity contribution < 1.29 is 57.2 Å². The number of anilines is 2. The highest BCUT2D eigenvalue weighted by molar-refractivity contribution is 9.11. The lowest BCUT2D eigenvalue weighted by Gasteiger charge is -2.10. The van der Waals surface area contributed by atoms with Crippen molar-refractivity contribution in [2.45, 2.75) is 27.9 Å². The fraction of sp³-hybridized carbons (Fsp3) is 0.0323. The Balaban J connectivity index is 0.000000239. The highest BCUT2D eigenvalue weighted by atomic mass is 79.9. The Labute approximate surface area is 577 Å². The molecule has 0 aliphatic carbocycles. The van der Waals surface area contributed by atoms with Crippen LogP contribution in [-0.4, -0.2) is 57.2 Å². The predicted molar refractivity (Wildman–Crippen MR) is 378 cm³/mol. The topological polar surface area (TPSA) is 273 Å². The zero-order valence-corrected chi connectivity index (χ0v) is 59.6. The van der Waals surface area contributed by atoms with Crippen LogP contribution in [0.2, 0.25) is 0 Å². The van der Waals surface area contributed by atoms with E-state index < -0.39 is 47.8 Å². The second-order valence-corrected chi connectivity index (χ2v) is 31.7. The standard InChI is InChI=1S/C19H16BrNO3S.C12H8BrClO2S.C12H9BrO3S.C12H9Br.C7H9NO.Cl2OS.ClHO3S/c20-17-8-4-15(5-9-17)16-6-10-19(11-7-16)25(23,24)21-18-3-1-2-14(12-18)13-22;2*13-11-5-1-9(2-6-11)10-3-7-12(8-4-10)17(14,15)16;13-12-8-6-11(7-9-12)10-4-2-1-3-5-10;8-7-3-1-2-6(4-7)5-9;1-4(2)3;1-5(2,3)4/h1-12,21-22H,13H2;1-8H;1-8H,(H,14,15,16);1-9H;1-4,9H,5,8H2;;(H,2,3,4). The number of aliphatic hydroxyl groups excluding tert-OH is 2. The van der Waals surface area contributed by atoms with Gasteiger partial charge >= 0.3 is 9.33 Å². The Hall–Kier alpha value is -5.33. The number of benzene rings is 10. The van der Waals surface area contributed by atoms with Crippen molar-refractivity contribution in [2.75, 3.05) is 10.5 Å². The van der Waals surface area contributed by atoms with Crippen LogP contribution in [0.25, 0.3) is 44.5 Å². The van der Waals surface area contributed by atoms with Crippen LogP contribution in [0.15, 0.2) is 281 Å². The van der Waals surface area contributed by atoms with Gasteiger partial charge in [-0.3, -0.25) is 13.8 Å². The number of hydrogen-bond acceptors (Lipinski definition) is 12. The van der Waals surface area contributed by atoms with Crippen LogP contribution in [0.3, 0.4) is 0 Å². The first kappa shape index (κ1) is 77.1. The van der Waals surface area contributed by atoms with E-state index >= 15 is 0 Å². The van der Waals surface area contributed by atoms with Gasteiger partial charge in [-0.05, 0) is 165 Å². The van der Waals surface area contributed by atoms with Crippen molar-refractivity contribution in [2.24, 2.45) is 0 Å². The van der Waals surface area contributed by atoms with Crippen LogP contribution in [0.1, 0.15) is 11.1 Å². The zero-order chi connectivity index (χ0) is 66.7. The van der Waals surface area contributed by atoms with E-state index in [1.54, 1.807) is 84.9 Å². The van der Waals surface area contributed by atoms with Crippen molar-refractivity contribution in [1.29, 1.82) is 0 Å². The maximum Gasteiger partial charge on any atom is 0.353 e. The summed E-state index contributed by atoms with van der Waals surface area (Å²) in [5.74, 6) is 0. The largest absolute Gasteiger partial charge is 0.399 e. The summed E-state index contributed by atoms with van der Waals surface area (Å²) in [6, 6.07) is 75.1. The van der Waals surface area contributed by atoms with Crippen LogP contribution < -0.4 is 10.5 Å². The van der Waals surface area contributed by atoms with Crippen molar-refractivity contribution in [3.63, 3.8) is 0 Å². The average Bonchev–Trinajstić information content (AvgIpc) is 1.40. The van der Waals surface area contributed by atoms with Gasteiger partial charge in [-0.2, -0.15) is 16.8 Å². The minimum Gasteiger partial charge on any atom is -0.399 e. The molecule has 0 atom stereocenters. The molecule has 90 heavy (non-hydrogen) atoms. The molecule has 0 fully saturated rings. The van der Waals surface area contributed by atoms with Gasteiger partial charge in [0.2, 0.25) is 9.23 Å². The summed E-state index contributed by atoms with van der Waals surface area (Å²) in [6.07, 6.45) is 0. The molecule has 0 saturated carbocycles. The summed E-state index contributed by atoms with van der Waals surface area (Å²) >= 11 is 13.5. The summed E-state index contributed by atoms with van der Waals surface area (Å²) in [4.78, 5) is 0.196. The second kappa shape index (κ2) is 38.0. The van der Waals surface area contributed by atoms with E-state index in [0.717, 1.165) is 56.8 Å². The van der Waals surface area contributed by atoms with Crippen molar-refractivity contribution in [3.05, 3.63) is 278 Å². The smallest absolute Gasteiger partial charge is 0.353 e. The van der Waals surface area contributed by atoms with Crippen LogP contribution in [-0.2, 0) is 61.0 Å². The molecule has 28 heteroatoms. The molecule has 10 aromatic rings. The lowest BCUT2D eigenvalue weighted by Crippen LogP contribution is -2.13. The van der Waals surface area contributed by atoms with E-state index in [9.17, 15) is 25.3 Å². The first-order valence-corrected chi connectivity index (χ1v) is 38.7. The van der Waals surface area contributed by atoms with E-state index in [1.165, 1.54) is 35.4 Å². The number of nitrogens with two attached hydrogens (primary N) is 1. The number of sulfonamides is 1. The fourth-order valence-corrected chi connectivity index (χ4v) is 10.7. The molecule has 10 aromatic carbocycles. The number of aliphatic hydroxyl groups is 2. The average molecular weight is 1650 g/mol.